The highest BCUT2D eigenvalue weighted by Gasteiger charge is 2.20. The van der Waals surface area contributed by atoms with Gasteiger partial charge in [-0.05, 0) is 34.1 Å². The summed E-state index contributed by atoms with van der Waals surface area (Å²) in [5.74, 6) is 1.54. The van der Waals surface area contributed by atoms with Crippen molar-refractivity contribution >= 4 is 21.7 Å². The van der Waals surface area contributed by atoms with E-state index in [4.69, 9.17) is 14.2 Å². The molecule has 0 aromatic heterocycles. The van der Waals surface area contributed by atoms with E-state index in [-0.39, 0.29) is 5.78 Å². The second-order valence-electron chi connectivity index (χ2n) is 4.25. The molecule has 0 aliphatic heterocycles. The monoisotopic (exact) mass is 350 g/mol. The molecule has 0 radical (unpaired) electrons. The van der Waals surface area contributed by atoms with Gasteiger partial charge in [0.2, 0.25) is 0 Å². The average molecular weight is 351 g/mol. The van der Waals surface area contributed by atoms with Crippen molar-refractivity contribution in [2.24, 2.45) is 0 Å². The van der Waals surface area contributed by atoms with E-state index in [1.165, 1.54) is 7.11 Å². The third-order valence-electron chi connectivity index (χ3n) is 3.04. The molecule has 0 unspecified atom stereocenters. The van der Waals surface area contributed by atoms with Crippen LogP contribution in [0.3, 0.4) is 0 Å². The Kier molecular flexibility index (Phi) is 4.85. The van der Waals surface area contributed by atoms with Crippen LogP contribution in [-0.2, 0) is 0 Å². The van der Waals surface area contributed by atoms with Crippen molar-refractivity contribution in [1.82, 2.24) is 0 Å². The largest absolute Gasteiger partial charge is 0.497 e. The first-order valence-corrected chi connectivity index (χ1v) is 7.00. The summed E-state index contributed by atoms with van der Waals surface area (Å²) in [4.78, 5) is 12.7. The summed E-state index contributed by atoms with van der Waals surface area (Å²) in [6.45, 7) is 0. The highest BCUT2D eigenvalue weighted by Crippen LogP contribution is 2.34. The van der Waals surface area contributed by atoms with Gasteiger partial charge in [0, 0.05) is 16.1 Å². The zero-order valence-corrected chi connectivity index (χ0v) is 13.6. The first kappa shape index (κ1) is 15.4. The van der Waals surface area contributed by atoms with E-state index in [1.807, 2.05) is 0 Å². The van der Waals surface area contributed by atoms with Gasteiger partial charge in [0.15, 0.2) is 5.78 Å². The minimum Gasteiger partial charge on any atom is -0.497 e. The highest BCUT2D eigenvalue weighted by atomic mass is 79.9. The highest BCUT2D eigenvalue weighted by molar-refractivity contribution is 9.10. The smallest absolute Gasteiger partial charge is 0.198 e. The molecule has 110 valence electrons. The fourth-order valence-corrected chi connectivity index (χ4v) is 2.57. The molecule has 0 bridgehead atoms. The predicted molar refractivity (Wildman–Crippen MR) is 83.7 cm³/mol. The third kappa shape index (κ3) is 3.19. The maximum absolute atomic E-state index is 12.7. The Balaban J connectivity index is 2.52. The lowest BCUT2D eigenvalue weighted by Gasteiger charge is -2.12. The molecule has 0 atom stereocenters. The van der Waals surface area contributed by atoms with Gasteiger partial charge < -0.3 is 14.2 Å². The van der Waals surface area contributed by atoms with Crippen LogP contribution in [0.2, 0.25) is 0 Å². The Morgan fingerprint density at radius 2 is 1.67 bits per heavy atom. The van der Waals surface area contributed by atoms with Gasteiger partial charge in [-0.25, -0.2) is 0 Å². The lowest BCUT2D eigenvalue weighted by molar-refractivity contribution is 0.103. The average Bonchev–Trinajstić information content (AvgIpc) is 2.53. The van der Waals surface area contributed by atoms with Crippen molar-refractivity contribution in [3.8, 4) is 17.2 Å². The summed E-state index contributed by atoms with van der Waals surface area (Å²) in [6.07, 6.45) is 0. The Hall–Kier alpha value is -2.01. The van der Waals surface area contributed by atoms with Crippen LogP contribution in [-0.4, -0.2) is 27.1 Å². The number of methoxy groups -OCH3 is 3. The van der Waals surface area contributed by atoms with E-state index >= 15 is 0 Å². The van der Waals surface area contributed by atoms with Crippen LogP contribution in [0.4, 0.5) is 0 Å². The standard InChI is InChI=1S/C16H15BrO4/c1-19-11-6-4-5-10(7-11)16(18)15-13(17)8-12(20-2)9-14(15)21-3/h4-9H,1-3H3. The van der Waals surface area contributed by atoms with Crippen molar-refractivity contribution in [1.29, 1.82) is 0 Å². The molecule has 0 spiro atoms. The van der Waals surface area contributed by atoms with E-state index in [0.29, 0.717) is 32.8 Å². The fourth-order valence-electron chi connectivity index (χ4n) is 1.97. The molecule has 0 aliphatic carbocycles. The molecule has 2 rings (SSSR count). The number of ether oxygens (including phenoxy) is 3. The van der Waals surface area contributed by atoms with Crippen LogP contribution in [0, 0.1) is 0 Å². The Bertz CT molecular complexity index is 667. The molecule has 2 aromatic carbocycles. The number of hydrogen-bond acceptors (Lipinski definition) is 4. The quantitative estimate of drug-likeness (QED) is 0.771. The van der Waals surface area contributed by atoms with Gasteiger partial charge in [-0.2, -0.15) is 0 Å². The second kappa shape index (κ2) is 6.63. The molecule has 5 heteroatoms. The summed E-state index contributed by atoms with van der Waals surface area (Å²) >= 11 is 3.40. The molecule has 0 aliphatic rings. The van der Waals surface area contributed by atoms with Crippen LogP contribution in [0.15, 0.2) is 40.9 Å². The van der Waals surface area contributed by atoms with Crippen molar-refractivity contribution in [3.63, 3.8) is 0 Å². The Labute approximate surface area is 131 Å². The molecular weight excluding hydrogens is 336 g/mol. The number of ketones is 1. The Morgan fingerprint density at radius 1 is 0.952 bits per heavy atom. The van der Waals surface area contributed by atoms with Crippen molar-refractivity contribution in [2.45, 2.75) is 0 Å². The SMILES string of the molecule is COc1cccc(C(=O)c2c(Br)cc(OC)cc2OC)c1. The van der Waals surface area contributed by atoms with Crippen LogP contribution >= 0.6 is 15.9 Å². The first-order valence-electron chi connectivity index (χ1n) is 6.21. The summed E-state index contributed by atoms with van der Waals surface area (Å²) in [7, 11) is 4.64. The molecule has 0 N–H and O–H groups in total. The number of benzene rings is 2. The first-order chi connectivity index (χ1) is 10.1. The van der Waals surface area contributed by atoms with Gasteiger partial charge in [-0.15, -0.1) is 0 Å². The number of hydrogen-bond donors (Lipinski definition) is 0. The van der Waals surface area contributed by atoms with Crippen molar-refractivity contribution in [3.05, 3.63) is 52.0 Å². The van der Waals surface area contributed by atoms with Gasteiger partial charge in [0.05, 0.1) is 26.9 Å². The molecular formula is C16H15BrO4. The topological polar surface area (TPSA) is 44.8 Å². The molecule has 21 heavy (non-hydrogen) atoms. The summed E-state index contributed by atoms with van der Waals surface area (Å²) in [5, 5.41) is 0. The van der Waals surface area contributed by atoms with E-state index in [1.54, 1.807) is 50.6 Å². The Morgan fingerprint density at radius 3 is 2.29 bits per heavy atom. The van der Waals surface area contributed by atoms with Crippen LogP contribution in [0.25, 0.3) is 0 Å². The number of carbonyl (C=O) groups is 1. The van der Waals surface area contributed by atoms with E-state index in [2.05, 4.69) is 15.9 Å². The summed E-state index contributed by atoms with van der Waals surface area (Å²) < 4.78 is 16.2. The third-order valence-corrected chi connectivity index (χ3v) is 3.67. The van der Waals surface area contributed by atoms with Gasteiger partial charge in [0.1, 0.15) is 17.2 Å². The van der Waals surface area contributed by atoms with E-state index in [0.717, 1.165) is 0 Å². The summed E-state index contributed by atoms with van der Waals surface area (Å²) in [5.41, 5.74) is 0.977. The summed E-state index contributed by atoms with van der Waals surface area (Å²) in [6, 6.07) is 10.4. The molecule has 4 nitrogen and oxygen atoms in total. The van der Waals surface area contributed by atoms with Gasteiger partial charge in [-0.3, -0.25) is 4.79 Å². The van der Waals surface area contributed by atoms with E-state index in [9.17, 15) is 4.79 Å². The molecule has 0 amide bonds. The molecule has 0 saturated heterocycles. The lowest BCUT2D eigenvalue weighted by Crippen LogP contribution is -2.06. The van der Waals surface area contributed by atoms with Gasteiger partial charge in [0.25, 0.3) is 0 Å². The van der Waals surface area contributed by atoms with Crippen LogP contribution in [0.1, 0.15) is 15.9 Å². The van der Waals surface area contributed by atoms with Crippen LogP contribution < -0.4 is 14.2 Å². The van der Waals surface area contributed by atoms with Gasteiger partial charge in [-0.1, -0.05) is 12.1 Å². The maximum Gasteiger partial charge on any atom is 0.198 e. The van der Waals surface area contributed by atoms with Crippen molar-refractivity contribution < 1.29 is 19.0 Å². The molecule has 0 heterocycles. The molecule has 0 saturated carbocycles. The van der Waals surface area contributed by atoms with Gasteiger partial charge >= 0.3 is 0 Å². The fraction of sp³-hybridized carbons (Fsp3) is 0.188. The predicted octanol–water partition coefficient (Wildman–Crippen LogP) is 3.71. The van der Waals surface area contributed by atoms with Crippen LogP contribution in [0.5, 0.6) is 17.2 Å². The number of halogens is 1. The normalized spacial score (nSPS) is 10.1. The maximum atomic E-state index is 12.7. The lowest BCUT2D eigenvalue weighted by atomic mass is 10.0. The second-order valence-corrected chi connectivity index (χ2v) is 5.10. The zero-order chi connectivity index (χ0) is 15.4. The van der Waals surface area contributed by atoms with E-state index < -0.39 is 0 Å². The molecule has 2 aromatic rings. The number of rotatable bonds is 5. The minimum absolute atomic E-state index is 0.153. The number of carbonyl (C=O) groups excluding carboxylic acids is 1. The van der Waals surface area contributed by atoms with Crippen molar-refractivity contribution in [2.75, 3.05) is 21.3 Å². The zero-order valence-electron chi connectivity index (χ0n) is 12.0. The minimum atomic E-state index is -0.153. The molecule has 0 fully saturated rings.